The molecule has 18 nitrogen and oxygen atoms in total. The number of aryl methyl sites for hydroxylation is 4. The van der Waals surface area contributed by atoms with Gasteiger partial charge >= 0.3 is 5.97 Å². The molecule has 0 aliphatic heterocycles. The molecule has 0 saturated heterocycles. The summed E-state index contributed by atoms with van der Waals surface area (Å²) in [5.74, 6) is -3.10. The minimum atomic E-state index is -4.02. The minimum absolute atomic E-state index is 0.0666. The van der Waals surface area contributed by atoms with Gasteiger partial charge in [0.1, 0.15) is 0 Å². The monoisotopic (exact) mass is 840 g/mol. The van der Waals surface area contributed by atoms with Crippen molar-refractivity contribution in [3.05, 3.63) is 119 Å². The Morgan fingerprint density at radius 1 is 0.481 bits per heavy atom. The van der Waals surface area contributed by atoms with E-state index in [0.717, 1.165) is 22.3 Å². The zero-order chi connectivity index (χ0) is 42.1. The molecule has 0 aliphatic carbocycles. The Kier molecular flexibility index (Phi) is 20.5. The van der Waals surface area contributed by atoms with Crippen LogP contribution in [0.5, 0.6) is 0 Å². The average Bonchev–Trinajstić information content (AvgIpc) is 3.03. The van der Waals surface area contributed by atoms with E-state index < -0.39 is 52.7 Å². The SMILES string of the molecule is Cc1ccc(S(=O)(=O)O)cc1.Cc1ccc(S(=O)(=O)O)cc1.Cc1ccc(S(=O)(=O)O)cc1.Cc1ccc(S(=O)(=O)O)cc1.NCCNC(O)C(O)(O)O. The van der Waals surface area contributed by atoms with Crippen LogP contribution in [0.25, 0.3) is 0 Å². The van der Waals surface area contributed by atoms with Crippen molar-refractivity contribution in [3.63, 3.8) is 0 Å². The number of aliphatic hydroxyl groups is 4. The lowest BCUT2D eigenvalue weighted by Crippen LogP contribution is -2.51. The second-order valence-corrected chi connectivity index (χ2v) is 16.7. The molecular formula is C32H44N2O16S4. The number of aliphatic hydroxyl groups excluding tert-OH is 1. The van der Waals surface area contributed by atoms with Crippen molar-refractivity contribution in [2.24, 2.45) is 5.73 Å². The maximum absolute atomic E-state index is 10.5. The van der Waals surface area contributed by atoms with Crippen molar-refractivity contribution in [3.8, 4) is 0 Å². The Balaban J connectivity index is 0.000000651. The Bertz CT molecular complexity index is 1860. The van der Waals surface area contributed by atoms with Crippen LogP contribution >= 0.6 is 0 Å². The van der Waals surface area contributed by atoms with E-state index in [1.54, 1.807) is 48.5 Å². The van der Waals surface area contributed by atoms with E-state index in [9.17, 15) is 33.7 Å². The number of hydrogen-bond donors (Lipinski definition) is 10. The van der Waals surface area contributed by atoms with Crippen molar-refractivity contribution in [1.29, 1.82) is 0 Å². The lowest BCUT2D eigenvalue weighted by molar-refractivity contribution is -0.359. The first-order chi connectivity index (χ1) is 24.5. The Morgan fingerprint density at radius 2 is 0.667 bits per heavy atom. The van der Waals surface area contributed by atoms with E-state index in [4.69, 9.17) is 44.4 Å². The first kappa shape index (κ1) is 50.3. The molecule has 1 unspecified atom stereocenters. The molecule has 4 aromatic rings. The maximum Gasteiger partial charge on any atom is 0.317 e. The molecule has 302 valence electrons. The molecule has 0 aromatic heterocycles. The molecule has 54 heavy (non-hydrogen) atoms. The van der Waals surface area contributed by atoms with Gasteiger partial charge in [-0.3, -0.25) is 23.5 Å². The highest BCUT2D eigenvalue weighted by Crippen LogP contribution is 2.11. The average molecular weight is 841 g/mol. The zero-order valence-electron chi connectivity index (χ0n) is 29.3. The Labute approximate surface area is 314 Å². The van der Waals surface area contributed by atoms with E-state index in [0.29, 0.717) is 0 Å². The molecule has 0 heterocycles. The van der Waals surface area contributed by atoms with Crippen molar-refractivity contribution in [2.75, 3.05) is 13.1 Å². The molecule has 0 bridgehead atoms. The van der Waals surface area contributed by atoms with Gasteiger partial charge in [0.25, 0.3) is 40.5 Å². The van der Waals surface area contributed by atoms with E-state index in [-0.39, 0.29) is 32.7 Å². The molecule has 0 spiro atoms. The van der Waals surface area contributed by atoms with Crippen molar-refractivity contribution in [2.45, 2.75) is 59.5 Å². The van der Waals surface area contributed by atoms with E-state index in [1.165, 1.54) is 48.5 Å². The molecule has 11 N–H and O–H groups in total. The summed E-state index contributed by atoms with van der Waals surface area (Å²) in [5, 5.41) is 35.6. The number of rotatable bonds is 8. The van der Waals surface area contributed by atoms with Crippen molar-refractivity contribution in [1.82, 2.24) is 5.32 Å². The number of nitrogens with one attached hydrogen (secondary N) is 1. The topological polar surface area (TPSA) is 336 Å². The Morgan fingerprint density at radius 3 is 0.796 bits per heavy atom. The molecule has 0 radical (unpaired) electrons. The van der Waals surface area contributed by atoms with Gasteiger partial charge in [-0.2, -0.15) is 33.7 Å². The van der Waals surface area contributed by atoms with E-state index in [1.807, 2.05) is 27.7 Å². The summed E-state index contributed by atoms with van der Waals surface area (Å²) in [6.45, 7) is 7.78. The molecule has 0 fully saturated rings. The van der Waals surface area contributed by atoms with Crippen LogP contribution < -0.4 is 11.1 Å². The van der Waals surface area contributed by atoms with Crippen molar-refractivity contribution >= 4 is 40.5 Å². The first-order valence-corrected chi connectivity index (χ1v) is 20.7. The quantitative estimate of drug-likeness (QED) is 0.0886. The van der Waals surface area contributed by atoms with Crippen LogP contribution in [0.4, 0.5) is 0 Å². The lowest BCUT2D eigenvalue weighted by Gasteiger charge is -2.21. The first-order valence-electron chi connectivity index (χ1n) is 14.9. The highest BCUT2D eigenvalue weighted by atomic mass is 32.2. The molecule has 22 heteroatoms. The fraction of sp³-hybridized carbons (Fsp3) is 0.250. The molecule has 0 saturated carbocycles. The second kappa shape index (κ2) is 22.0. The van der Waals surface area contributed by atoms with E-state index >= 15 is 0 Å². The minimum Gasteiger partial charge on any atom is -0.371 e. The lowest BCUT2D eigenvalue weighted by atomic mass is 10.2. The summed E-state index contributed by atoms with van der Waals surface area (Å²) in [7, 11) is -16.1. The largest absolute Gasteiger partial charge is 0.371 e. The maximum atomic E-state index is 10.5. The van der Waals surface area contributed by atoms with Gasteiger partial charge in [-0.05, 0) is 76.2 Å². The highest BCUT2D eigenvalue weighted by Gasteiger charge is 2.29. The van der Waals surface area contributed by atoms with Gasteiger partial charge in [0, 0.05) is 13.1 Å². The van der Waals surface area contributed by atoms with Gasteiger partial charge in [-0.15, -0.1) is 0 Å². The third-order valence-electron chi connectivity index (χ3n) is 6.12. The van der Waals surface area contributed by atoms with E-state index in [2.05, 4.69) is 5.32 Å². The van der Waals surface area contributed by atoms with Crippen LogP contribution in [0, 0.1) is 27.7 Å². The van der Waals surface area contributed by atoms with Crippen LogP contribution in [0.3, 0.4) is 0 Å². The summed E-state index contributed by atoms with van der Waals surface area (Å²) in [5.41, 5.74) is 8.83. The smallest absolute Gasteiger partial charge is 0.317 e. The predicted molar refractivity (Wildman–Crippen MR) is 196 cm³/mol. The second-order valence-electron chi connectivity index (χ2n) is 11.0. The third kappa shape index (κ3) is 21.9. The van der Waals surface area contributed by atoms with Crippen LogP contribution in [-0.2, 0) is 40.5 Å². The van der Waals surface area contributed by atoms with Gasteiger partial charge in [0.15, 0.2) is 6.23 Å². The molecule has 4 rings (SSSR count). The Hall–Kier alpha value is -3.72. The molecule has 4 aromatic carbocycles. The fourth-order valence-electron chi connectivity index (χ4n) is 3.20. The molecule has 0 aliphatic rings. The molecule has 1 atom stereocenters. The highest BCUT2D eigenvalue weighted by molar-refractivity contribution is 7.86. The number of nitrogens with two attached hydrogens (primary N) is 1. The van der Waals surface area contributed by atoms with Gasteiger partial charge in [-0.25, -0.2) is 0 Å². The van der Waals surface area contributed by atoms with Gasteiger partial charge in [0.2, 0.25) is 0 Å². The predicted octanol–water partition coefficient (Wildman–Crippen LogP) is 1.45. The van der Waals surface area contributed by atoms with Crippen LogP contribution in [-0.4, -0.2) is 97.6 Å². The summed E-state index contributed by atoms with van der Waals surface area (Å²) in [4.78, 5) is -0.266. The van der Waals surface area contributed by atoms with Gasteiger partial charge in [-0.1, -0.05) is 70.8 Å². The van der Waals surface area contributed by atoms with Crippen LogP contribution in [0.1, 0.15) is 22.3 Å². The summed E-state index contributed by atoms with van der Waals surface area (Å²) in [6, 6.07) is 24.0. The summed E-state index contributed by atoms with van der Waals surface area (Å²) < 4.78 is 118. The zero-order valence-corrected chi connectivity index (χ0v) is 32.5. The summed E-state index contributed by atoms with van der Waals surface area (Å²) in [6.07, 6.45) is -1.80. The van der Waals surface area contributed by atoms with Crippen molar-refractivity contribution < 1.29 is 72.3 Å². The van der Waals surface area contributed by atoms with Gasteiger partial charge in [0.05, 0.1) is 19.6 Å². The summed E-state index contributed by atoms with van der Waals surface area (Å²) >= 11 is 0. The number of benzene rings is 4. The normalized spacial score (nSPS) is 12.2. The molecular weight excluding hydrogens is 797 g/mol. The molecule has 0 amide bonds. The van der Waals surface area contributed by atoms with Crippen LogP contribution in [0.2, 0.25) is 0 Å². The number of hydrogen-bond acceptors (Lipinski definition) is 14. The third-order valence-corrected chi connectivity index (χ3v) is 9.60. The van der Waals surface area contributed by atoms with Gasteiger partial charge < -0.3 is 26.2 Å². The standard InChI is InChI=1S/4C7H8O3S.C4H12N2O4/c4*1-6-2-4-7(5-3-6)11(8,9)10;5-1-2-6-3(7)4(8,9)10/h4*2-5H,1H3,(H,8,9,10);3,6-10H,1-2,5H2. The fourth-order valence-corrected chi connectivity index (χ4v) is 5.12. The van der Waals surface area contributed by atoms with Crippen LogP contribution in [0.15, 0.2) is 117 Å².